The van der Waals surface area contributed by atoms with E-state index in [4.69, 9.17) is 9.52 Å². The minimum absolute atomic E-state index is 0. The fourth-order valence-corrected chi connectivity index (χ4v) is 3.82. The van der Waals surface area contributed by atoms with Crippen LogP contribution in [0.1, 0.15) is 63.2 Å². The van der Waals surface area contributed by atoms with Crippen LogP contribution in [0.2, 0.25) is 0 Å². The van der Waals surface area contributed by atoms with Gasteiger partial charge in [0, 0.05) is 32.0 Å². The van der Waals surface area contributed by atoms with Gasteiger partial charge in [0.05, 0.1) is 6.54 Å². The molecule has 1 aliphatic rings. The van der Waals surface area contributed by atoms with Crippen LogP contribution in [0.25, 0.3) is 0 Å². The SMILES string of the molecule is CCNC(=NCCc1nc(C(C)C)no1)N1CCC(c2ccccc2)C(C)C1.I. The van der Waals surface area contributed by atoms with Gasteiger partial charge in [0.2, 0.25) is 5.89 Å². The fourth-order valence-electron chi connectivity index (χ4n) is 3.82. The summed E-state index contributed by atoms with van der Waals surface area (Å²) in [6.45, 7) is 12.1. The average molecular weight is 511 g/mol. The number of benzene rings is 1. The third kappa shape index (κ3) is 6.42. The number of guanidine groups is 1. The Kier molecular flexibility index (Phi) is 9.39. The van der Waals surface area contributed by atoms with E-state index >= 15 is 0 Å². The molecule has 2 heterocycles. The molecular weight excluding hydrogens is 477 g/mol. The third-order valence-electron chi connectivity index (χ3n) is 5.35. The number of nitrogens with zero attached hydrogens (tertiary/aromatic N) is 4. The van der Waals surface area contributed by atoms with Crippen molar-refractivity contribution < 1.29 is 4.52 Å². The zero-order chi connectivity index (χ0) is 19.9. The highest BCUT2D eigenvalue weighted by Gasteiger charge is 2.28. The molecule has 1 aliphatic heterocycles. The van der Waals surface area contributed by atoms with Crippen LogP contribution >= 0.6 is 24.0 Å². The molecule has 1 N–H and O–H groups in total. The van der Waals surface area contributed by atoms with Crippen LogP contribution in [0.15, 0.2) is 39.8 Å². The fraction of sp³-hybridized carbons (Fsp3) is 0.591. The molecule has 2 unspecified atom stereocenters. The molecule has 1 fully saturated rings. The first kappa shape index (κ1) is 23.6. The Hall–Kier alpha value is -1.64. The van der Waals surface area contributed by atoms with E-state index in [2.05, 4.69) is 78.4 Å². The standard InChI is InChI=1S/C22H33N5O.HI/c1-5-23-22(24-13-11-20-25-21(16(2)3)26-28-20)27-14-12-19(17(4)15-27)18-9-7-6-8-10-18;/h6-10,16-17,19H,5,11-15H2,1-4H3,(H,23,24);1H. The van der Waals surface area contributed by atoms with Crippen LogP contribution < -0.4 is 5.32 Å². The third-order valence-corrected chi connectivity index (χ3v) is 5.35. The summed E-state index contributed by atoms with van der Waals surface area (Å²) in [5, 5.41) is 7.47. The average Bonchev–Trinajstić information content (AvgIpc) is 3.17. The smallest absolute Gasteiger partial charge is 0.228 e. The van der Waals surface area contributed by atoms with Crippen molar-refractivity contribution in [3.05, 3.63) is 47.6 Å². The molecule has 0 saturated carbocycles. The van der Waals surface area contributed by atoms with Gasteiger partial charge in [0.1, 0.15) is 0 Å². The lowest BCUT2D eigenvalue weighted by atomic mass is 9.82. The number of nitrogens with one attached hydrogen (secondary N) is 1. The van der Waals surface area contributed by atoms with Gasteiger partial charge >= 0.3 is 0 Å². The molecule has 0 amide bonds. The zero-order valence-corrected chi connectivity index (χ0v) is 20.3. The lowest BCUT2D eigenvalue weighted by molar-refractivity contribution is 0.234. The van der Waals surface area contributed by atoms with Gasteiger partial charge in [-0.1, -0.05) is 56.3 Å². The van der Waals surface area contributed by atoms with Crippen molar-refractivity contribution in [1.29, 1.82) is 0 Å². The second-order valence-electron chi connectivity index (χ2n) is 7.92. The van der Waals surface area contributed by atoms with Gasteiger partial charge in [0.15, 0.2) is 11.8 Å². The zero-order valence-electron chi connectivity index (χ0n) is 18.0. The van der Waals surface area contributed by atoms with Crippen LogP contribution in [0, 0.1) is 5.92 Å². The number of aliphatic imine (C=N–C) groups is 1. The van der Waals surface area contributed by atoms with Gasteiger partial charge in [-0.3, -0.25) is 4.99 Å². The summed E-state index contributed by atoms with van der Waals surface area (Å²) in [5.74, 6) is 3.91. The quantitative estimate of drug-likeness (QED) is 0.353. The van der Waals surface area contributed by atoms with Crippen LogP contribution in [0.5, 0.6) is 0 Å². The number of hydrogen-bond donors (Lipinski definition) is 1. The van der Waals surface area contributed by atoms with E-state index in [-0.39, 0.29) is 29.9 Å². The number of halogens is 1. The predicted octanol–water partition coefficient (Wildman–Crippen LogP) is 4.44. The summed E-state index contributed by atoms with van der Waals surface area (Å²) in [6.07, 6.45) is 1.82. The van der Waals surface area contributed by atoms with Crippen molar-refractivity contribution in [1.82, 2.24) is 20.4 Å². The van der Waals surface area contributed by atoms with Crippen LogP contribution in [-0.2, 0) is 6.42 Å². The topological polar surface area (TPSA) is 66.5 Å². The Morgan fingerprint density at radius 1 is 1.31 bits per heavy atom. The minimum Gasteiger partial charge on any atom is -0.357 e. The lowest BCUT2D eigenvalue weighted by Crippen LogP contribution is -2.48. The van der Waals surface area contributed by atoms with Gasteiger partial charge in [-0.15, -0.1) is 24.0 Å². The van der Waals surface area contributed by atoms with E-state index in [1.54, 1.807) is 0 Å². The second-order valence-corrected chi connectivity index (χ2v) is 7.92. The molecule has 0 radical (unpaired) electrons. The maximum atomic E-state index is 5.33. The first-order valence-electron chi connectivity index (χ1n) is 10.5. The van der Waals surface area contributed by atoms with Crippen molar-refractivity contribution in [3.63, 3.8) is 0 Å². The molecule has 1 saturated heterocycles. The number of likely N-dealkylation sites (tertiary alicyclic amines) is 1. The van der Waals surface area contributed by atoms with Crippen molar-refractivity contribution in [2.24, 2.45) is 10.9 Å². The molecule has 7 heteroatoms. The maximum absolute atomic E-state index is 5.33. The predicted molar refractivity (Wildman–Crippen MR) is 128 cm³/mol. The summed E-state index contributed by atoms with van der Waals surface area (Å²) in [4.78, 5) is 11.7. The normalized spacial score (nSPS) is 19.9. The molecule has 29 heavy (non-hydrogen) atoms. The Balaban J connectivity index is 0.00000300. The van der Waals surface area contributed by atoms with Gasteiger partial charge in [-0.2, -0.15) is 4.98 Å². The minimum atomic E-state index is 0. The molecule has 160 valence electrons. The summed E-state index contributed by atoms with van der Waals surface area (Å²) < 4.78 is 5.33. The monoisotopic (exact) mass is 511 g/mol. The van der Waals surface area contributed by atoms with Gasteiger partial charge in [-0.05, 0) is 30.7 Å². The highest BCUT2D eigenvalue weighted by atomic mass is 127. The Morgan fingerprint density at radius 3 is 2.69 bits per heavy atom. The van der Waals surface area contributed by atoms with E-state index in [0.29, 0.717) is 30.7 Å². The Labute approximate surface area is 191 Å². The van der Waals surface area contributed by atoms with E-state index < -0.39 is 0 Å². The number of rotatable bonds is 6. The van der Waals surface area contributed by atoms with Crippen LogP contribution in [0.3, 0.4) is 0 Å². The number of aromatic nitrogens is 2. The first-order valence-corrected chi connectivity index (χ1v) is 10.5. The molecule has 0 spiro atoms. The van der Waals surface area contributed by atoms with Crippen molar-refractivity contribution >= 4 is 29.9 Å². The highest BCUT2D eigenvalue weighted by molar-refractivity contribution is 14.0. The number of hydrogen-bond acceptors (Lipinski definition) is 4. The molecule has 1 aromatic carbocycles. The summed E-state index contributed by atoms with van der Waals surface area (Å²) in [6, 6.07) is 10.9. The van der Waals surface area contributed by atoms with Crippen molar-refractivity contribution in [2.45, 2.75) is 52.4 Å². The molecule has 3 rings (SSSR count). The molecule has 6 nitrogen and oxygen atoms in total. The lowest BCUT2D eigenvalue weighted by Gasteiger charge is -2.39. The Morgan fingerprint density at radius 2 is 2.07 bits per heavy atom. The van der Waals surface area contributed by atoms with E-state index in [1.165, 1.54) is 5.56 Å². The molecule has 2 aromatic rings. The maximum Gasteiger partial charge on any atom is 0.228 e. The molecule has 1 aromatic heterocycles. The molecule has 0 aliphatic carbocycles. The van der Waals surface area contributed by atoms with Gasteiger partial charge < -0.3 is 14.7 Å². The Bertz CT molecular complexity index is 762. The van der Waals surface area contributed by atoms with Crippen LogP contribution in [-0.4, -0.2) is 47.2 Å². The molecular formula is C22H34IN5O. The first-order chi connectivity index (χ1) is 13.6. The molecule has 0 bridgehead atoms. The van der Waals surface area contributed by atoms with E-state index in [1.807, 2.05) is 0 Å². The van der Waals surface area contributed by atoms with Crippen LogP contribution in [0.4, 0.5) is 0 Å². The second kappa shape index (κ2) is 11.5. The van der Waals surface area contributed by atoms with E-state index in [0.717, 1.165) is 37.8 Å². The summed E-state index contributed by atoms with van der Waals surface area (Å²) in [7, 11) is 0. The van der Waals surface area contributed by atoms with E-state index in [9.17, 15) is 0 Å². The van der Waals surface area contributed by atoms with Gasteiger partial charge in [-0.25, -0.2) is 0 Å². The molecule has 2 atom stereocenters. The van der Waals surface area contributed by atoms with Crippen molar-refractivity contribution in [2.75, 3.05) is 26.2 Å². The highest BCUT2D eigenvalue weighted by Crippen LogP contribution is 2.32. The largest absolute Gasteiger partial charge is 0.357 e. The summed E-state index contributed by atoms with van der Waals surface area (Å²) in [5.41, 5.74) is 1.45. The van der Waals surface area contributed by atoms with Crippen molar-refractivity contribution in [3.8, 4) is 0 Å². The van der Waals surface area contributed by atoms with Gasteiger partial charge in [0.25, 0.3) is 0 Å². The summed E-state index contributed by atoms with van der Waals surface area (Å²) >= 11 is 0. The number of piperidine rings is 1.